The van der Waals surface area contributed by atoms with Crippen LogP contribution < -0.4 is 15.0 Å². The fourth-order valence-electron chi connectivity index (χ4n) is 4.13. The molecule has 0 amide bonds. The molecule has 162 valence electrons. The third kappa shape index (κ3) is 4.61. The number of rotatable bonds is 6. The highest BCUT2D eigenvalue weighted by atomic mass is 127. The zero-order valence-electron chi connectivity index (χ0n) is 17.8. The third-order valence-electron chi connectivity index (χ3n) is 5.61. The van der Waals surface area contributed by atoms with Crippen LogP contribution in [-0.4, -0.2) is 29.6 Å². The van der Waals surface area contributed by atoms with Crippen molar-refractivity contribution >= 4 is 39.7 Å². The van der Waals surface area contributed by atoms with E-state index in [0.29, 0.717) is 23.5 Å². The van der Waals surface area contributed by atoms with Crippen LogP contribution in [0.1, 0.15) is 56.3 Å². The van der Waals surface area contributed by atoms with Crippen LogP contribution in [0.25, 0.3) is 10.9 Å². The first-order chi connectivity index (χ1) is 15.1. The number of fused-ring (bicyclic) bond motifs is 1. The van der Waals surface area contributed by atoms with Crippen molar-refractivity contribution in [2.45, 2.75) is 44.9 Å². The average Bonchev–Trinajstić information content (AvgIpc) is 2.79. The van der Waals surface area contributed by atoms with Crippen molar-refractivity contribution in [1.29, 1.82) is 0 Å². The van der Waals surface area contributed by atoms with Gasteiger partial charge >= 0.3 is 0 Å². The fourth-order valence-corrected chi connectivity index (χ4v) is 4.97. The highest BCUT2D eigenvalue weighted by Gasteiger charge is 2.22. The molecular weight excluding hydrogens is 505 g/mol. The predicted octanol–water partition coefficient (Wildman–Crippen LogP) is 5.34. The first-order valence-electron chi connectivity index (χ1n) is 10.7. The summed E-state index contributed by atoms with van der Waals surface area (Å²) in [5.74, 6) is 2.37. The maximum absolute atomic E-state index is 13.3. The Labute approximate surface area is 195 Å². The lowest BCUT2D eigenvalue weighted by Crippen LogP contribution is -2.25. The van der Waals surface area contributed by atoms with Gasteiger partial charge in [-0.2, -0.15) is 9.78 Å². The Hall–Kier alpha value is -2.42. The number of methoxy groups -OCH3 is 1. The van der Waals surface area contributed by atoms with E-state index in [2.05, 4.69) is 27.7 Å². The Morgan fingerprint density at radius 1 is 1.23 bits per heavy atom. The molecule has 1 saturated carbocycles. The minimum Gasteiger partial charge on any atom is -0.492 e. The first-order valence-corrected chi connectivity index (χ1v) is 11.8. The number of aromatic nitrogens is 2. The third-order valence-corrected chi connectivity index (χ3v) is 6.41. The van der Waals surface area contributed by atoms with Crippen LogP contribution in [0.4, 0.5) is 0 Å². The second-order valence-corrected chi connectivity index (χ2v) is 8.81. The molecule has 0 atom stereocenters. The van der Waals surface area contributed by atoms with E-state index in [4.69, 9.17) is 14.5 Å². The van der Waals surface area contributed by atoms with Gasteiger partial charge in [-0.15, -0.1) is 0 Å². The van der Waals surface area contributed by atoms with Crippen molar-refractivity contribution in [3.8, 4) is 11.5 Å². The minimum absolute atomic E-state index is 0.129. The van der Waals surface area contributed by atoms with Crippen LogP contribution in [0.5, 0.6) is 11.5 Å². The Morgan fingerprint density at radius 3 is 2.74 bits per heavy atom. The summed E-state index contributed by atoms with van der Waals surface area (Å²) >= 11 is 2.22. The lowest BCUT2D eigenvalue weighted by molar-refractivity contribution is 0.309. The standard InChI is InChI=1S/C24H26IN3O3/c1-3-31-21-14-16(13-19(25)22(21)30-2)15-26-28-23(17-9-5-4-6-10-17)27-20-12-8-7-11-18(20)24(28)29/h7-8,11-15,17H,3-6,9-10H2,1-2H3. The van der Waals surface area contributed by atoms with Gasteiger partial charge in [0.1, 0.15) is 5.82 Å². The Morgan fingerprint density at radius 2 is 2.00 bits per heavy atom. The highest BCUT2D eigenvalue weighted by molar-refractivity contribution is 14.1. The summed E-state index contributed by atoms with van der Waals surface area (Å²) in [6.07, 6.45) is 7.33. The number of hydrogen-bond donors (Lipinski definition) is 0. The quantitative estimate of drug-likeness (QED) is 0.318. The summed E-state index contributed by atoms with van der Waals surface area (Å²) in [5, 5.41) is 5.20. The zero-order chi connectivity index (χ0) is 21.8. The van der Waals surface area contributed by atoms with E-state index in [1.54, 1.807) is 13.3 Å². The molecule has 4 rings (SSSR count). The molecule has 0 spiro atoms. The van der Waals surface area contributed by atoms with E-state index in [-0.39, 0.29) is 11.5 Å². The van der Waals surface area contributed by atoms with Crippen LogP contribution in [0.15, 0.2) is 46.3 Å². The molecule has 0 radical (unpaired) electrons. The van der Waals surface area contributed by atoms with Gasteiger partial charge in [-0.25, -0.2) is 4.98 Å². The van der Waals surface area contributed by atoms with Crippen molar-refractivity contribution in [2.75, 3.05) is 13.7 Å². The molecule has 2 aromatic carbocycles. The van der Waals surface area contributed by atoms with E-state index < -0.39 is 0 Å². The summed E-state index contributed by atoms with van der Waals surface area (Å²) in [5.41, 5.74) is 1.44. The Balaban J connectivity index is 1.81. The smallest absolute Gasteiger partial charge is 0.282 e. The molecule has 3 aromatic rings. The van der Waals surface area contributed by atoms with Gasteiger partial charge in [-0.3, -0.25) is 4.79 Å². The predicted molar refractivity (Wildman–Crippen MR) is 132 cm³/mol. The van der Waals surface area contributed by atoms with Gasteiger partial charge in [-0.1, -0.05) is 31.4 Å². The molecule has 0 bridgehead atoms. The fraction of sp³-hybridized carbons (Fsp3) is 0.375. The molecule has 1 aromatic heterocycles. The normalized spacial score (nSPS) is 14.9. The van der Waals surface area contributed by atoms with Crippen molar-refractivity contribution in [3.05, 3.63) is 61.7 Å². The van der Waals surface area contributed by atoms with E-state index in [1.165, 1.54) is 11.1 Å². The zero-order valence-corrected chi connectivity index (χ0v) is 20.0. The summed E-state index contributed by atoms with van der Waals surface area (Å²) in [4.78, 5) is 18.2. The molecule has 1 aliphatic carbocycles. The van der Waals surface area contributed by atoms with Crippen LogP contribution in [0.2, 0.25) is 0 Å². The topological polar surface area (TPSA) is 65.7 Å². The molecule has 0 unspecified atom stereocenters. The maximum atomic E-state index is 13.3. The molecule has 0 aliphatic heterocycles. The van der Waals surface area contributed by atoms with Gasteiger partial charge in [0.2, 0.25) is 0 Å². The highest BCUT2D eigenvalue weighted by Crippen LogP contribution is 2.34. The number of ether oxygens (including phenoxy) is 2. The van der Waals surface area contributed by atoms with E-state index in [0.717, 1.165) is 46.2 Å². The molecule has 0 N–H and O–H groups in total. The van der Waals surface area contributed by atoms with Crippen LogP contribution in [0.3, 0.4) is 0 Å². The van der Waals surface area contributed by atoms with Crippen molar-refractivity contribution in [2.24, 2.45) is 5.10 Å². The molecule has 7 heteroatoms. The average molecular weight is 531 g/mol. The van der Waals surface area contributed by atoms with Crippen molar-refractivity contribution < 1.29 is 9.47 Å². The number of para-hydroxylation sites is 1. The molecule has 1 fully saturated rings. The van der Waals surface area contributed by atoms with Crippen LogP contribution >= 0.6 is 22.6 Å². The Bertz CT molecular complexity index is 1170. The molecule has 6 nitrogen and oxygen atoms in total. The van der Waals surface area contributed by atoms with Crippen molar-refractivity contribution in [1.82, 2.24) is 9.66 Å². The van der Waals surface area contributed by atoms with E-state index in [9.17, 15) is 4.79 Å². The lowest BCUT2D eigenvalue weighted by Gasteiger charge is -2.22. The minimum atomic E-state index is -0.129. The van der Waals surface area contributed by atoms with Gasteiger partial charge < -0.3 is 9.47 Å². The summed E-state index contributed by atoms with van der Waals surface area (Å²) in [6, 6.07) is 11.3. The summed E-state index contributed by atoms with van der Waals surface area (Å²) in [7, 11) is 1.63. The Kier molecular flexibility index (Phi) is 6.89. The molecule has 31 heavy (non-hydrogen) atoms. The van der Waals surface area contributed by atoms with Crippen LogP contribution in [-0.2, 0) is 0 Å². The van der Waals surface area contributed by atoms with E-state index in [1.807, 2.05) is 43.3 Å². The second-order valence-electron chi connectivity index (χ2n) is 7.65. The number of halogens is 1. The largest absolute Gasteiger partial charge is 0.492 e. The van der Waals surface area contributed by atoms with Crippen molar-refractivity contribution in [3.63, 3.8) is 0 Å². The number of nitrogens with zero attached hydrogens (tertiary/aromatic N) is 3. The molecule has 0 saturated heterocycles. The second kappa shape index (κ2) is 9.80. The summed E-state index contributed by atoms with van der Waals surface area (Å²) in [6.45, 7) is 2.47. The van der Waals surface area contributed by atoms with Crippen LogP contribution in [0, 0.1) is 3.57 Å². The van der Waals surface area contributed by atoms with Gasteiger partial charge in [0, 0.05) is 5.92 Å². The first kappa shape index (κ1) is 21.8. The lowest BCUT2D eigenvalue weighted by atomic mass is 9.88. The SMILES string of the molecule is CCOc1cc(C=Nn2c(C3CCCCC3)nc3ccccc3c2=O)cc(I)c1OC. The molecule has 1 aliphatic rings. The van der Waals surface area contributed by atoms with Gasteiger partial charge in [-0.05, 0) is 72.2 Å². The van der Waals surface area contributed by atoms with Gasteiger partial charge in [0.05, 0.1) is 34.4 Å². The van der Waals surface area contributed by atoms with E-state index >= 15 is 0 Å². The molecular formula is C24H26IN3O3. The number of benzene rings is 2. The van der Waals surface area contributed by atoms with Gasteiger partial charge in [0.25, 0.3) is 5.56 Å². The molecule has 1 heterocycles. The van der Waals surface area contributed by atoms with Gasteiger partial charge in [0.15, 0.2) is 11.5 Å². The maximum Gasteiger partial charge on any atom is 0.282 e. The monoisotopic (exact) mass is 531 g/mol. The number of hydrogen-bond acceptors (Lipinski definition) is 5. The summed E-state index contributed by atoms with van der Waals surface area (Å²) < 4.78 is 13.6.